The van der Waals surface area contributed by atoms with Gasteiger partial charge in [0.15, 0.2) is 0 Å². The van der Waals surface area contributed by atoms with Crippen LogP contribution < -0.4 is 4.90 Å². The van der Waals surface area contributed by atoms with E-state index in [-0.39, 0.29) is 0 Å². The quantitative estimate of drug-likeness (QED) is 0.218. The van der Waals surface area contributed by atoms with Crippen molar-refractivity contribution in [2.45, 2.75) is 0 Å². The van der Waals surface area contributed by atoms with Crippen molar-refractivity contribution in [1.82, 2.24) is 4.98 Å². The first-order valence-electron chi connectivity index (χ1n) is 14.1. The molecule has 42 heavy (non-hydrogen) atoms. The SMILES string of the molecule is c1ccc(-c2ccc(N(c3ccc(-c4cccc5ccccc45)cc3)c3nccc4oc5ccccc5c34)cc2)cc1. The first kappa shape index (κ1) is 24.2. The van der Waals surface area contributed by atoms with Crippen molar-refractivity contribution in [2.24, 2.45) is 0 Å². The first-order valence-corrected chi connectivity index (χ1v) is 14.1. The first-order chi connectivity index (χ1) is 20.8. The molecular weight excluding hydrogens is 512 g/mol. The van der Waals surface area contributed by atoms with Crippen molar-refractivity contribution in [2.75, 3.05) is 4.90 Å². The van der Waals surface area contributed by atoms with Crippen LogP contribution in [0.2, 0.25) is 0 Å². The minimum absolute atomic E-state index is 0.819. The largest absolute Gasteiger partial charge is 0.456 e. The fraction of sp³-hybridized carbons (Fsp3) is 0. The molecule has 3 nitrogen and oxygen atoms in total. The lowest BCUT2D eigenvalue weighted by molar-refractivity contribution is 0.668. The molecule has 0 unspecified atom stereocenters. The summed E-state index contributed by atoms with van der Waals surface area (Å²) in [6, 6.07) is 53.1. The fourth-order valence-corrected chi connectivity index (χ4v) is 5.92. The van der Waals surface area contributed by atoms with Crippen LogP contribution in [0.15, 0.2) is 162 Å². The maximum Gasteiger partial charge on any atom is 0.149 e. The topological polar surface area (TPSA) is 29.3 Å². The van der Waals surface area contributed by atoms with Gasteiger partial charge < -0.3 is 4.42 Å². The molecule has 0 saturated carbocycles. The number of furan rings is 1. The number of benzene rings is 6. The summed E-state index contributed by atoms with van der Waals surface area (Å²) in [7, 11) is 0. The molecule has 0 atom stereocenters. The maximum absolute atomic E-state index is 6.24. The highest BCUT2D eigenvalue weighted by molar-refractivity contribution is 6.12. The van der Waals surface area contributed by atoms with Gasteiger partial charge in [0.1, 0.15) is 17.0 Å². The smallest absolute Gasteiger partial charge is 0.149 e. The second kappa shape index (κ2) is 10.1. The highest BCUT2D eigenvalue weighted by Gasteiger charge is 2.21. The van der Waals surface area contributed by atoms with Crippen LogP contribution in [0.3, 0.4) is 0 Å². The van der Waals surface area contributed by atoms with E-state index >= 15 is 0 Å². The van der Waals surface area contributed by atoms with Gasteiger partial charge in [-0.05, 0) is 69.4 Å². The summed E-state index contributed by atoms with van der Waals surface area (Å²) >= 11 is 0. The zero-order valence-electron chi connectivity index (χ0n) is 22.8. The standard InChI is InChI=1S/C39H26N2O/c1-2-9-27(10-3-1)28-17-21-31(22-18-28)41(39-38-35-14-6-7-16-36(35)42-37(38)25-26-40-39)32-23-19-30(20-24-32)34-15-8-12-29-11-4-5-13-33(29)34/h1-26H. The Balaban J connectivity index is 1.29. The van der Waals surface area contributed by atoms with Crippen LogP contribution in [-0.2, 0) is 0 Å². The molecule has 0 aliphatic heterocycles. The van der Waals surface area contributed by atoms with Crippen LogP contribution in [0.25, 0.3) is 55.0 Å². The average Bonchev–Trinajstić information content (AvgIpc) is 3.45. The van der Waals surface area contributed by atoms with Gasteiger partial charge in [-0.2, -0.15) is 0 Å². The summed E-state index contributed by atoms with van der Waals surface area (Å²) in [5, 5.41) is 4.53. The molecule has 2 aromatic heterocycles. The number of para-hydroxylation sites is 1. The molecule has 6 aromatic carbocycles. The molecule has 0 amide bonds. The van der Waals surface area contributed by atoms with Crippen molar-refractivity contribution in [3.05, 3.63) is 158 Å². The molecule has 2 heterocycles. The predicted octanol–water partition coefficient (Wildman–Crippen LogP) is 10.9. The van der Waals surface area contributed by atoms with Crippen LogP contribution in [0.4, 0.5) is 17.2 Å². The molecule has 0 N–H and O–H groups in total. The molecule has 0 bridgehead atoms. The van der Waals surface area contributed by atoms with E-state index in [1.165, 1.54) is 33.0 Å². The molecule has 8 aromatic rings. The number of pyridine rings is 1. The Kier molecular flexibility index (Phi) is 5.79. The summed E-state index contributed by atoms with van der Waals surface area (Å²) < 4.78 is 6.24. The Morgan fingerprint density at radius 3 is 1.86 bits per heavy atom. The van der Waals surface area contributed by atoms with E-state index in [4.69, 9.17) is 9.40 Å². The van der Waals surface area contributed by atoms with Crippen LogP contribution in [-0.4, -0.2) is 4.98 Å². The highest BCUT2D eigenvalue weighted by atomic mass is 16.3. The Labute approximate surface area is 243 Å². The number of aromatic nitrogens is 1. The monoisotopic (exact) mass is 538 g/mol. The molecule has 198 valence electrons. The molecule has 0 spiro atoms. The van der Waals surface area contributed by atoms with Crippen molar-refractivity contribution in [1.29, 1.82) is 0 Å². The van der Waals surface area contributed by atoms with Gasteiger partial charge in [0.25, 0.3) is 0 Å². The molecule has 3 heteroatoms. The number of fused-ring (bicyclic) bond motifs is 4. The van der Waals surface area contributed by atoms with Crippen molar-refractivity contribution >= 4 is 49.9 Å². The zero-order valence-corrected chi connectivity index (χ0v) is 22.8. The molecule has 8 rings (SSSR count). The third-order valence-corrected chi connectivity index (χ3v) is 7.94. The Morgan fingerprint density at radius 1 is 0.452 bits per heavy atom. The average molecular weight is 539 g/mol. The minimum Gasteiger partial charge on any atom is -0.456 e. The molecule has 0 fully saturated rings. The molecule has 0 aliphatic carbocycles. The third kappa shape index (κ3) is 4.11. The molecule has 0 aliphatic rings. The zero-order chi connectivity index (χ0) is 27.9. The predicted molar refractivity (Wildman–Crippen MR) is 175 cm³/mol. The van der Waals surface area contributed by atoms with Crippen molar-refractivity contribution in [3.8, 4) is 22.3 Å². The van der Waals surface area contributed by atoms with Gasteiger partial charge in [-0.25, -0.2) is 4.98 Å². The van der Waals surface area contributed by atoms with Gasteiger partial charge in [-0.1, -0.05) is 115 Å². The van der Waals surface area contributed by atoms with Crippen LogP contribution in [0.1, 0.15) is 0 Å². The van der Waals surface area contributed by atoms with E-state index < -0.39 is 0 Å². The molecule has 0 radical (unpaired) electrons. The Morgan fingerprint density at radius 2 is 1.07 bits per heavy atom. The number of hydrogen-bond acceptors (Lipinski definition) is 3. The second-order valence-corrected chi connectivity index (χ2v) is 10.4. The van der Waals surface area contributed by atoms with E-state index in [0.717, 1.165) is 39.1 Å². The van der Waals surface area contributed by atoms with Crippen molar-refractivity contribution < 1.29 is 4.42 Å². The fourth-order valence-electron chi connectivity index (χ4n) is 5.92. The number of anilines is 3. The summed E-state index contributed by atoms with van der Waals surface area (Å²) in [4.78, 5) is 7.18. The van der Waals surface area contributed by atoms with E-state index in [2.05, 4.69) is 126 Å². The summed E-state index contributed by atoms with van der Waals surface area (Å²) in [5.74, 6) is 0.836. The van der Waals surface area contributed by atoms with Crippen LogP contribution in [0, 0.1) is 0 Å². The lowest BCUT2D eigenvalue weighted by Gasteiger charge is -2.25. The number of nitrogens with zero attached hydrogens (tertiary/aromatic N) is 2. The number of rotatable bonds is 5. The van der Waals surface area contributed by atoms with E-state index in [1.807, 2.05) is 36.5 Å². The Hall–Kier alpha value is -5.67. The minimum atomic E-state index is 0.819. The van der Waals surface area contributed by atoms with Gasteiger partial charge in [-0.3, -0.25) is 4.90 Å². The van der Waals surface area contributed by atoms with Gasteiger partial charge in [0, 0.05) is 23.0 Å². The summed E-state index contributed by atoms with van der Waals surface area (Å²) in [6.07, 6.45) is 1.83. The second-order valence-electron chi connectivity index (χ2n) is 10.4. The lowest BCUT2D eigenvalue weighted by atomic mass is 9.98. The third-order valence-electron chi connectivity index (χ3n) is 7.94. The molecular formula is C39H26N2O. The van der Waals surface area contributed by atoms with Crippen LogP contribution in [0.5, 0.6) is 0 Å². The van der Waals surface area contributed by atoms with Gasteiger partial charge in [0.2, 0.25) is 0 Å². The van der Waals surface area contributed by atoms with Crippen molar-refractivity contribution in [3.63, 3.8) is 0 Å². The van der Waals surface area contributed by atoms with Crippen LogP contribution >= 0.6 is 0 Å². The van der Waals surface area contributed by atoms with E-state index in [9.17, 15) is 0 Å². The molecule has 0 saturated heterocycles. The van der Waals surface area contributed by atoms with Gasteiger partial charge in [0.05, 0.1) is 5.39 Å². The lowest BCUT2D eigenvalue weighted by Crippen LogP contribution is -2.11. The maximum atomic E-state index is 6.24. The normalized spacial score (nSPS) is 11.3. The van der Waals surface area contributed by atoms with E-state index in [0.29, 0.717) is 0 Å². The highest BCUT2D eigenvalue weighted by Crippen LogP contribution is 2.42. The summed E-state index contributed by atoms with van der Waals surface area (Å²) in [6.45, 7) is 0. The summed E-state index contributed by atoms with van der Waals surface area (Å²) in [5.41, 5.74) is 8.48. The van der Waals surface area contributed by atoms with Gasteiger partial charge >= 0.3 is 0 Å². The number of hydrogen-bond donors (Lipinski definition) is 0. The van der Waals surface area contributed by atoms with Gasteiger partial charge in [-0.15, -0.1) is 0 Å². The van der Waals surface area contributed by atoms with E-state index in [1.54, 1.807) is 0 Å². The Bertz CT molecular complexity index is 2170.